The number of methoxy groups -OCH3 is 2. The third-order valence-corrected chi connectivity index (χ3v) is 2.71. The standard InChI is InChI=1S/C11H15BrN2O3/c1-16-10(17-2)6-14-11(15)8-5-7(12)3-4-9(8)13/h3-5,10H,6,13H2,1-2H3,(H,14,15). The van der Waals surface area contributed by atoms with Crippen LogP contribution in [0.15, 0.2) is 22.7 Å². The Bertz CT molecular complexity index is 394. The molecule has 1 aromatic carbocycles. The fourth-order valence-corrected chi connectivity index (χ4v) is 1.62. The highest BCUT2D eigenvalue weighted by Gasteiger charge is 2.12. The minimum absolute atomic E-state index is 0.261. The molecule has 0 saturated carbocycles. The smallest absolute Gasteiger partial charge is 0.253 e. The Kier molecular flexibility index (Phi) is 5.40. The van der Waals surface area contributed by atoms with E-state index in [4.69, 9.17) is 15.2 Å². The number of ether oxygens (including phenoxy) is 2. The van der Waals surface area contributed by atoms with Gasteiger partial charge in [-0.2, -0.15) is 0 Å². The summed E-state index contributed by atoms with van der Waals surface area (Å²) in [5.41, 5.74) is 6.57. The lowest BCUT2D eigenvalue weighted by Gasteiger charge is -2.14. The van der Waals surface area contributed by atoms with Gasteiger partial charge in [0.2, 0.25) is 0 Å². The molecular weight excluding hydrogens is 288 g/mol. The van der Waals surface area contributed by atoms with Crippen molar-refractivity contribution in [2.75, 3.05) is 26.5 Å². The van der Waals surface area contributed by atoms with Gasteiger partial charge in [-0.25, -0.2) is 0 Å². The zero-order chi connectivity index (χ0) is 12.8. The van der Waals surface area contributed by atoms with E-state index >= 15 is 0 Å². The molecule has 0 spiro atoms. The lowest BCUT2D eigenvalue weighted by Crippen LogP contribution is -2.34. The third-order valence-electron chi connectivity index (χ3n) is 2.22. The molecule has 3 N–H and O–H groups in total. The average molecular weight is 303 g/mol. The van der Waals surface area contributed by atoms with E-state index < -0.39 is 6.29 Å². The minimum atomic E-state index is -0.465. The van der Waals surface area contributed by atoms with Crippen LogP contribution in [0.3, 0.4) is 0 Å². The number of amides is 1. The Balaban J connectivity index is 2.66. The molecule has 94 valence electrons. The highest BCUT2D eigenvalue weighted by molar-refractivity contribution is 9.10. The van der Waals surface area contributed by atoms with Crippen molar-refractivity contribution in [3.63, 3.8) is 0 Å². The zero-order valence-corrected chi connectivity index (χ0v) is 11.3. The molecule has 1 aromatic rings. The lowest BCUT2D eigenvalue weighted by atomic mass is 10.1. The van der Waals surface area contributed by atoms with Crippen molar-refractivity contribution in [2.45, 2.75) is 6.29 Å². The first kappa shape index (κ1) is 14.0. The van der Waals surface area contributed by atoms with Crippen molar-refractivity contribution >= 4 is 27.5 Å². The number of hydrogen-bond acceptors (Lipinski definition) is 4. The summed E-state index contributed by atoms with van der Waals surface area (Å²) in [7, 11) is 3.02. The van der Waals surface area contributed by atoms with Gasteiger partial charge in [0.15, 0.2) is 6.29 Å². The molecule has 1 amide bonds. The van der Waals surface area contributed by atoms with Crippen LogP contribution in [0.5, 0.6) is 0 Å². The van der Waals surface area contributed by atoms with Crippen LogP contribution in [0.2, 0.25) is 0 Å². The van der Waals surface area contributed by atoms with Crippen molar-refractivity contribution in [1.82, 2.24) is 5.32 Å². The topological polar surface area (TPSA) is 73.6 Å². The number of nitrogens with one attached hydrogen (secondary N) is 1. The maximum Gasteiger partial charge on any atom is 0.253 e. The first-order valence-corrected chi connectivity index (χ1v) is 5.76. The number of nitrogens with two attached hydrogens (primary N) is 1. The van der Waals surface area contributed by atoms with Crippen LogP contribution in [-0.2, 0) is 9.47 Å². The summed E-state index contributed by atoms with van der Waals surface area (Å²) < 4.78 is 10.7. The summed E-state index contributed by atoms with van der Waals surface area (Å²) in [4.78, 5) is 11.8. The Hall–Kier alpha value is -1.11. The molecule has 0 aliphatic heterocycles. The van der Waals surface area contributed by atoms with E-state index in [1.807, 2.05) is 0 Å². The van der Waals surface area contributed by atoms with Crippen LogP contribution >= 0.6 is 15.9 Å². The van der Waals surface area contributed by atoms with E-state index in [-0.39, 0.29) is 12.5 Å². The predicted molar refractivity (Wildman–Crippen MR) is 68.7 cm³/mol. The van der Waals surface area contributed by atoms with Crippen molar-refractivity contribution < 1.29 is 14.3 Å². The summed E-state index contributed by atoms with van der Waals surface area (Å²) in [5.74, 6) is -0.261. The second kappa shape index (κ2) is 6.58. The molecule has 0 aliphatic rings. The fraction of sp³-hybridized carbons (Fsp3) is 0.364. The number of carbonyl (C=O) groups is 1. The van der Waals surface area contributed by atoms with E-state index in [1.54, 1.807) is 18.2 Å². The fourth-order valence-electron chi connectivity index (χ4n) is 1.26. The second-order valence-corrected chi connectivity index (χ2v) is 4.26. The summed E-state index contributed by atoms with van der Waals surface area (Å²) in [6.45, 7) is 0.262. The highest BCUT2D eigenvalue weighted by atomic mass is 79.9. The second-order valence-electron chi connectivity index (χ2n) is 3.34. The van der Waals surface area contributed by atoms with E-state index in [9.17, 15) is 4.79 Å². The molecule has 0 atom stereocenters. The Morgan fingerprint density at radius 3 is 2.71 bits per heavy atom. The summed E-state index contributed by atoms with van der Waals surface area (Å²) >= 11 is 3.29. The molecule has 0 unspecified atom stereocenters. The monoisotopic (exact) mass is 302 g/mol. The third kappa shape index (κ3) is 3.99. The van der Waals surface area contributed by atoms with Gasteiger partial charge in [0, 0.05) is 24.4 Å². The van der Waals surface area contributed by atoms with Crippen molar-refractivity contribution in [3.05, 3.63) is 28.2 Å². The van der Waals surface area contributed by atoms with Crippen molar-refractivity contribution in [2.24, 2.45) is 0 Å². The zero-order valence-electron chi connectivity index (χ0n) is 9.70. The van der Waals surface area contributed by atoms with E-state index in [2.05, 4.69) is 21.2 Å². The van der Waals surface area contributed by atoms with Gasteiger partial charge in [-0.1, -0.05) is 15.9 Å². The molecule has 0 radical (unpaired) electrons. The summed E-state index contributed by atoms with van der Waals surface area (Å²) in [6.07, 6.45) is -0.465. The van der Waals surface area contributed by atoms with Gasteiger partial charge in [-0.3, -0.25) is 4.79 Å². The van der Waals surface area contributed by atoms with Crippen molar-refractivity contribution in [1.29, 1.82) is 0 Å². The molecule has 1 rings (SSSR count). The number of carbonyl (C=O) groups excluding carboxylic acids is 1. The Morgan fingerprint density at radius 2 is 2.12 bits per heavy atom. The van der Waals surface area contributed by atoms with Crippen LogP contribution in [0.25, 0.3) is 0 Å². The largest absolute Gasteiger partial charge is 0.398 e. The van der Waals surface area contributed by atoms with Gasteiger partial charge in [0.25, 0.3) is 5.91 Å². The molecule has 0 saturated heterocycles. The number of nitrogen functional groups attached to an aromatic ring is 1. The summed E-state index contributed by atoms with van der Waals surface area (Å²) in [5, 5.41) is 2.68. The minimum Gasteiger partial charge on any atom is -0.398 e. The maximum atomic E-state index is 11.8. The van der Waals surface area contributed by atoms with Gasteiger partial charge < -0.3 is 20.5 Å². The van der Waals surface area contributed by atoms with E-state index in [0.717, 1.165) is 4.47 Å². The van der Waals surface area contributed by atoms with Gasteiger partial charge in [0.05, 0.1) is 12.1 Å². The number of benzene rings is 1. The predicted octanol–water partition coefficient (Wildman–Crippen LogP) is 1.38. The quantitative estimate of drug-likeness (QED) is 0.636. The first-order valence-electron chi connectivity index (χ1n) is 4.97. The molecule has 5 nitrogen and oxygen atoms in total. The SMILES string of the molecule is COC(CNC(=O)c1cc(Br)ccc1N)OC. The molecule has 0 aromatic heterocycles. The lowest BCUT2D eigenvalue weighted by molar-refractivity contribution is -0.0974. The average Bonchev–Trinajstić information content (AvgIpc) is 2.33. The van der Waals surface area contributed by atoms with Crippen molar-refractivity contribution in [3.8, 4) is 0 Å². The van der Waals surface area contributed by atoms with E-state index in [0.29, 0.717) is 11.3 Å². The number of rotatable bonds is 5. The van der Waals surface area contributed by atoms with Crippen LogP contribution < -0.4 is 11.1 Å². The summed E-state index contributed by atoms with van der Waals surface area (Å²) in [6, 6.07) is 5.11. The van der Waals surface area contributed by atoms with Crippen LogP contribution in [0.1, 0.15) is 10.4 Å². The molecule has 17 heavy (non-hydrogen) atoms. The Morgan fingerprint density at radius 1 is 1.47 bits per heavy atom. The molecule has 0 aliphatic carbocycles. The number of anilines is 1. The van der Waals surface area contributed by atoms with Crippen LogP contribution in [0, 0.1) is 0 Å². The number of hydrogen-bond donors (Lipinski definition) is 2. The van der Waals surface area contributed by atoms with E-state index in [1.165, 1.54) is 14.2 Å². The van der Waals surface area contributed by atoms with Crippen LogP contribution in [0.4, 0.5) is 5.69 Å². The molecule has 0 fully saturated rings. The normalized spacial score (nSPS) is 10.6. The number of halogens is 1. The van der Waals surface area contributed by atoms with Gasteiger partial charge in [-0.15, -0.1) is 0 Å². The molecule has 0 bridgehead atoms. The highest BCUT2D eigenvalue weighted by Crippen LogP contribution is 2.18. The van der Waals surface area contributed by atoms with Gasteiger partial charge in [0.1, 0.15) is 0 Å². The molecular formula is C11H15BrN2O3. The van der Waals surface area contributed by atoms with Gasteiger partial charge in [-0.05, 0) is 18.2 Å². The molecule has 6 heteroatoms. The Labute approximate surface area is 108 Å². The maximum absolute atomic E-state index is 11.8. The molecule has 0 heterocycles. The van der Waals surface area contributed by atoms with Crippen LogP contribution in [-0.4, -0.2) is 33.0 Å². The first-order chi connectivity index (χ1) is 8.08. The van der Waals surface area contributed by atoms with Gasteiger partial charge >= 0.3 is 0 Å².